The number of benzene rings is 3. The third-order valence-corrected chi connectivity index (χ3v) is 6.47. The van der Waals surface area contributed by atoms with Crippen molar-refractivity contribution in [2.24, 2.45) is 10.7 Å². The van der Waals surface area contributed by atoms with Crippen LogP contribution in [0.3, 0.4) is 0 Å². The number of carboxylic acid groups (broad SMARTS) is 1. The minimum Gasteiger partial charge on any atom is -0.504 e. The first-order chi connectivity index (χ1) is 17.7. The number of hydrogen-bond donors (Lipinski definition) is 5. The van der Waals surface area contributed by atoms with Crippen molar-refractivity contribution in [1.82, 2.24) is 9.80 Å². The molecule has 9 nitrogen and oxygen atoms in total. The number of aliphatic carboxylic acids is 1. The number of amidine groups is 1. The number of nitrogens with zero attached hydrogens (tertiary/aromatic N) is 3. The second-order valence-electron chi connectivity index (χ2n) is 9.03. The van der Waals surface area contributed by atoms with Gasteiger partial charge in [-0.3, -0.25) is 4.79 Å². The monoisotopic (exact) mass is 523 g/mol. The number of carboxylic acids is 1. The van der Waals surface area contributed by atoms with Crippen LogP contribution in [-0.4, -0.2) is 76.2 Å². The normalized spacial score (nSPS) is 15.6. The van der Waals surface area contributed by atoms with Gasteiger partial charge in [-0.25, -0.2) is 4.99 Å². The lowest BCUT2D eigenvalue weighted by molar-refractivity contribution is -0.138. The minimum absolute atomic E-state index is 0.114. The number of likely N-dealkylation sites (N-methyl/N-ethyl adjacent to an activating group) is 1. The van der Waals surface area contributed by atoms with Crippen molar-refractivity contribution < 1.29 is 20.1 Å². The molecule has 5 rings (SSSR count). The van der Waals surface area contributed by atoms with Gasteiger partial charge < -0.3 is 36.2 Å². The fourth-order valence-corrected chi connectivity index (χ4v) is 4.27. The summed E-state index contributed by atoms with van der Waals surface area (Å²) in [5.41, 5.74) is 9.97. The quantitative estimate of drug-likeness (QED) is 0.327. The van der Waals surface area contributed by atoms with Gasteiger partial charge in [-0.2, -0.15) is 0 Å². The van der Waals surface area contributed by atoms with Crippen LogP contribution in [-0.2, 0) is 11.2 Å². The Morgan fingerprint density at radius 2 is 1.76 bits per heavy atom. The first-order valence-corrected chi connectivity index (χ1v) is 12.3. The smallest absolute Gasteiger partial charge is 0.320 e. The van der Waals surface area contributed by atoms with Crippen LogP contribution in [0.15, 0.2) is 65.7 Å². The maximum Gasteiger partial charge on any atom is 0.320 e. The predicted octanol–water partition coefficient (Wildman–Crippen LogP) is 3.77. The molecule has 0 bridgehead atoms. The molecule has 0 spiro atoms. The van der Waals surface area contributed by atoms with Crippen molar-refractivity contribution in [1.29, 1.82) is 0 Å². The molecule has 0 radical (unpaired) electrons. The first kappa shape index (κ1) is 26.3. The third-order valence-electron chi connectivity index (χ3n) is 6.24. The Labute approximate surface area is 220 Å². The van der Waals surface area contributed by atoms with Gasteiger partial charge in [-0.05, 0) is 61.5 Å². The molecule has 0 amide bonds. The standard InChI is InChI=1S/C18H19ClN4.C9H11NO4/c1-22-8-10-23(11-9-22)18-14-4-2-3-5-15(14)20-16-7-6-13(19)12-17(16)21-18;10-6(9(13)14)3-5-1-2-7(11)8(12)4-5/h2-7,12,20H,8-11H2,1H3;1-2,4,6,11-12H,3,10H2,(H,13,14)/t;6-/m.0/s1. The van der Waals surface area contributed by atoms with Gasteiger partial charge in [-0.15, -0.1) is 0 Å². The minimum atomic E-state index is -1.10. The van der Waals surface area contributed by atoms with E-state index in [0.29, 0.717) is 10.6 Å². The van der Waals surface area contributed by atoms with Crippen LogP contribution in [0.5, 0.6) is 11.5 Å². The van der Waals surface area contributed by atoms with Gasteiger partial charge in [0, 0.05) is 42.5 Å². The van der Waals surface area contributed by atoms with Crippen LogP contribution < -0.4 is 11.1 Å². The summed E-state index contributed by atoms with van der Waals surface area (Å²) in [5, 5.41) is 30.8. The predicted molar refractivity (Wildman–Crippen MR) is 146 cm³/mol. The van der Waals surface area contributed by atoms with Crippen molar-refractivity contribution in [2.45, 2.75) is 12.5 Å². The lowest BCUT2D eigenvalue weighted by Crippen LogP contribution is -2.47. The summed E-state index contributed by atoms with van der Waals surface area (Å²) >= 11 is 6.18. The number of piperazine rings is 1. The molecule has 2 heterocycles. The van der Waals surface area contributed by atoms with E-state index in [9.17, 15) is 4.79 Å². The summed E-state index contributed by atoms with van der Waals surface area (Å²) in [5.74, 6) is -0.586. The SMILES string of the molecule is CN1CCN(C2=Nc3cc(Cl)ccc3Nc3ccccc32)CC1.N[C@@H](Cc1ccc(O)c(O)c1)C(=O)O. The number of nitrogens with one attached hydrogen (secondary N) is 1. The van der Waals surface area contributed by atoms with E-state index in [4.69, 9.17) is 37.6 Å². The molecular formula is C27H30ClN5O4. The largest absolute Gasteiger partial charge is 0.504 e. The number of hydrogen-bond acceptors (Lipinski definition) is 8. The van der Waals surface area contributed by atoms with Gasteiger partial charge in [0.25, 0.3) is 0 Å². The van der Waals surface area contributed by atoms with Gasteiger partial charge in [-0.1, -0.05) is 29.8 Å². The van der Waals surface area contributed by atoms with Gasteiger partial charge in [0.2, 0.25) is 0 Å². The lowest BCUT2D eigenvalue weighted by Gasteiger charge is -2.34. The average molecular weight is 524 g/mol. The molecule has 0 unspecified atom stereocenters. The van der Waals surface area contributed by atoms with Crippen molar-refractivity contribution in [2.75, 3.05) is 38.5 Å². The maximum atomic E-state index is 10.4. The molecule has 194 valence electrons. The summed E-state index contributed by atoms with van der Waals surface area (Å²) in [6.07, 6.45) is 0.114. The van der Waals surface area contributed by atoms with Crippen molar-refractivity contribution in [3.05, 3.63) is 76.8 Å². The van der Waals surface area contributed by atoms with Crippen LogP contribution in [0.1, 0.15) is 11.1 Å². The fourth-order valence-electron chi connectivity index (χ4n) is 4.11. The molecule has 37 heavy (non-hydrogen) atoms. The summed E-state index contributed by atoms with van der Waals surface area (Å²) in [6.45, 7) is 4.08. The number of aromatic hydroxyl groups is 2. The molecule has 1 saturated heterocycles. The Morgan fingerprint density at radius 3 is 2.46 bits per heavy atom. The van der Waals surface area contributed by atoms with Gasteiger partial charge in [0.15, 0.2) is 11.5 Å². The zero-order chi connectivity index (χ0) is 26.5. The van der Waals surface area contributed by atoms with Crippen molar-refractivity contribution in [3.63, 3.8) is 0 Å². The highest BCUT2D eigenvalue weighted by molar-refractivity contribution is 6.31. The number of phenolic OH excluding ortho intramolecular Hbond substituents is 2. The van der Waals surface area contributed by atoms with Gasteiger partial charge in [0.05, 0.1) is 11.4 Å². The van der Waals surface area contributed by atoms with E-state index in [-0.39, 0.29) is 17.9 Å². The first-order valence-electron chi connectivity index (χ1n) is 11.9. The maximum absolute atomic E-state index is 10.4. The van der Waals surface area contributed by atoms with E-state index < -0.39 is 12.0 Å². The number of carbonyl (C=O) groups is 1. The molecule has 3 aromatic carbocycles. The highest BCUT2D eigenvalue weighted by Gasteiger charge is 2.23. The topological polar surface area (TPSA) is 135 Å². The molecule has 1 fully saturated rings. The number of fused-ring (bicyclic) bond motifs is 2. The Bertz CT molecular complexity index is 1310. The summed E-state index contributed by atoms with van der Waals surface area (Å²) in [6, 6.07) is 17.2. The molecule has 0 aromatic heterocycles. The summed E-state index contributed by atoms with van der Waals surface area (Å²) in [7, 11) is 2.16. The second kappa shape index (κ2) is 11.5. The van der Waals surface area contributed by atoms with Gasteiger partial charge in [0.1, 0.15) is 11.9 Å². The van der Waals surface area contributed by atoms with E-state index in [1.807, 2.05) is 24.3 Å². The zero-order valence-corrected chi connectivity index (χ0v) is 21.2. The van der Waals surface area contributed by atoms with Crippen LogP contribution >= 0.6 is 11.6 Å². The molecule has 1 atom stereocenters. The number of para-hydroxylation sites is 1. The van der Waals surface area contributed by atoms with Crippen molar-refractivity contribution >= 4 is 40.5 Å². The number of anilines is 2. The number of phenols is 2. The van der Waals surface area contributed by atoms with E-state index in [1.165, 1.54) is 18.2 Å². The number of halogens is 1. The number of nitrogens with two attached hydrogens (primary N) is 1. The average Bonchev–Trinajstić information content (AvgIpc) is 3.03. The molecular weight excluding hydrogens is 494 g/mol. The van der Waals surface area contributed by atoms with E-state index in [1.54, 1.807) is 0 Å². The Morgan fingerprint density at radius 1 is 1.03 bits per heavy atom. The van der Waals surface area contributed by atoms with Gasteiger partial charge >= 0.3 is 5.97 Å². The second-order valence-corrected chi connectivity index (χ2v) is 9.47. The third kappa shape index (κ3) is 6.51. The molecule has 0 saturated carbocycles. The van der Waals surface area contributed by atoms with E-state index in [2.05, 4.69) is 40.4 Å². The Balaban J connectivity index is 0.000000197. The van der Waals surface area contributed by atoms with E-state index in [0.717, 1.165) is 54.6 Å². The molecule has 6 N–H and O–H groups in total. The van der Waals surface area contributed by atoms with Crippen molar-refractivity contribution in [3.8, 4) is 11.5 Å². The number of aliphatic imine (C=N–C) groups is 1. The number of rotatable bonds is 3. The fraction of sp³-hybridized carbons (Fsp3) is 0.259. The Kier molecular flexibility index (Phi) is 8.17. The highest BCUT2D eigenvalue weighted by Crippen LogP contribution is 2.36. The molecule has 2 aliphatic rings. The Hall–Kier alpha value is -3.79. The van der Waals surface area contributed by atoms with Crippen LogP contribution in [0.4, 0.5) is 17.1 Å². The molecule has 0 aliphatic carbocycles. The van der Waals surface area contributed by atoms with Crippen LogP contribution in [0.2, 0.25) is 5.02 Å². The molecule has 2 aliphatic heterocycles. The molecule has 3 aromatic rings. The summed E-state index contributed by atoms with van der Waals surface area (Å²) in [4.78, 5) is 20.1. The summed E-state index contributed by atoms with van der Waals surface area (Å²) < 4.78 is 0. The lowest BCUT2D eigenvalue weighted by atomic mass is 10.1. The van der Waals surface area contributed by atoms with Crippen LogP contribution in [0, 0.1) is 0 Å². The zero-order valence-electron chi connectivity index (χ0n) is 20.4. The highest BCUT2D eigenvalue weighted by atomic mass is 35.5. The molecule has 10 heteroatoms. The van der Waals surface area contributed by atoms with E-state index >= 15 is 0 Å². The van der Waals surface area contributed by atoms with Crippen LogP contribution in [0.25, 0.3) is 0 Å².